The molecule has 0 heterocycles. The summed E-state index contributed by atoms with van der Waals surface area (Å²) < 4.78 is 49.4. The Labute approximate surface area is 176 Å². The van der Waals surface area contributed by atoms with Crippen LogP contribution in [-0.2, 0) is 26.1 Å². The zero-order valence-electron chi connectivity index (χ0n) is 17.1. The Kier molecular flexibility index (Phi) is 9.07. The van der Waals surface area contributed by atoms with E-state index in [2.05, 4.69) is 5.32 Å². The first-order chi connectivity index (χ1) is 14.3. The quantitative estimate of drug-likeness (QED) is 0.515. The van der Waals surface area contributed by atoms with Gasteiger partial charge in [-0.3, -0.25) is 9.10 Å². The predicted molar refractivity (Wildman–Crippen MR) is 113 cm³/mol. The average Bonchev–Trinajstić information content (AvgIpc) is 2.71. The smallest absolute Gasteiger partial charge is 0.257 e. The predicted octanol–water partition coefficient (Wildman–Crippen LogP) is 2.71. The molecule has 7 nitrogen and oxygen atoms in total. The largest absolute Gasteiger partial charge is 0.484 e. The Morgan fingerprint density at radius 3 is 2.37 bits per heavy atom. The number of hydrogen-bond acceptors (Lipinski definition) is 5. The van der Waals surface area contributed by atoms with Crippen LogP contribution in [0, 0.1) is 5.82 Å². The van der Waals surface area contributed by atoms with Crippen LogP contribution in [0.1, 0.15) is 18.9 Å². The van der Waals surface area contributed by atoms with E-state index in [0.29, 0.717) is 36.8 Å². The first-order valence-electron chi connectivity index (χ1n) is 9.59. The van der Waals surface area contributed by atoms with Gasteiger partial charge < -0.3 is 14.8 Å². The van der Waals surface area contributed by atoms with E-state index in [1.165, 1.54) is 28.6 Å². The molecule has 2 aromatic rings. The van der Waals surface area contributed by atoms with Crippen LogP contribution < -0.4 is 14.4 Å². The number of anilines is 1. The number of nitrogens with one attached hydrogen (secondary N) is 1. The number of benzene rings is 2. The number of amides is 1. The molecule has 0 radical (unpaired) electrons. The van der Waals surface area contributed by atoms with Crippen LogP contribution in [-0.4, -0.2) is 46.9 Å². The number of sulfonamides is 1. The van der Waals surface area contributed by atoms with Gasteiger partial charge in [-0.15, -0.1) is 0 Å². The molecule has 0 saturated heterocycles. The van der Waals surface area contributed by atoms with Crippen molar-refractivity contribution in [2.24, 2.45) is 0 Å². The molecule has 0 aliphatic rings. The molecule has 0 fully saturated rings. The zero-order valence-corrected chi connectivity index (χ0v) is 18.0. The highest BCUT2D eigenvalue weighted by Crippen LogP contribution is 2.23. The Hall–Kier alpha value is -2.65. The van der Waals surface area contributed by atoms with Gasteiger partial charge in [0, 0.05) is 19.8 Å². The van der Waals surface area contributed by atoms with Crippen molar-refractivity contribution in [2.75, 3.05) is 36.9 Å². The van der Waals surface area contributed by atoms with Gasteiger partial charge >= 0.3 is 0 Å². The number of hydrogen-bond donors (Lipinski definition) is 1. The van der Waals surface area contributed by atoms with Gasteiger partial charge in [-0.2, -0.15) is 0 Å². The number of rotatable bonds is 12. The summed E-state index contributed by atoms with van der Waals surface area (Å²) in [7, 11) is -3.56. The van der Waals surface area contributed by atoms with Gasteiger partial charge in [0.1, 0.15) is 11.6 Å². The highest BCUT2D eigenvalue weighted by Gasteiger charge is 2.18. The summed E-state index contributed by atoms with van der Waals surface area (Å²) in [6, 6.07) is 12.0. The van der Waals surface area contributed by atoms with Gasteiger partial charge in [-0.05, 0) is 55.3 Å². The van der Waals surface area contributed by atoms with Crippen molar-refractivity contribution in [3.05, 3.63) is 59.9 Å². The zero-order chi connectivity index (χ0) is 22.0. The first-order valence-corrected chi connectivity index (χ1v) is 11.4. The van der Waals surface area contributed by atoms with Crippen molar-refractivity contribution in [1.82, 2.24) is 5.32 Å². The Bertz CT molecular complexity index is 902. The molecule has 1 N–H and O–H groups in total. The second-order valence-electron chi connectivity index (χ2n) is 6.58. The Morgan fingerprint density at radius 2 is 1.77 bits per heavy atom. The van der Waals surface area contributed by atoms with Crippen molar-refractivity contribution in [3.63, 3.8) is 0 Å². The van der Waals surface area contributed by atoms with Crippen LogP contribution in [0.2, 0.25) is 0 Å². The lowest BCUT2D eigenvalue weighted by atomic mass is 10.2. The molecule has 0 saturated carbocycles. The molecule has 0 bridgehead atoms. The topological polar surface area (TPSA) is 84.9 Å². The molecule has 0 aromatic heterocycles. The van der Waals surface area contributed by atoms with Gasteiger partial charge in [0.15, 0.2) is 6.61 Å². The molecule has 0 unspecified atom stereocenters. The summed E-state index contributed by atoms with van der Waals surface area (Å²) in [6.45, 7) is 3.59. The third kappa shape index (κ3) is 8.00. The molecule has 164 valence electrons. The van der Waals surface area contributed by atoms with E-state index in [9.17, 15) is 17.6 Å². The molecule has 0 aliphatic heterocycles. The minimum atomic E-state index is -3.56. The van der Waals surface area contributed by atoms with E-state index < -0.39 is 10.0 Å². The van der Waals surface area contributed by atoms with E-state index in [1.807, 2.05) is 6.92 Å². The van der Waals surface area contributed by atoms with Crippen molar-refractivity contribution >= 4 is 21.6 Å². The second kappa shape index (κ2) is 11.5. The maximum atomic E-state index is 13.1. The summed E-state index contributed by atoms with van der Waals surface area (Å²) >= 11 is 0. The van der Waals surface area contributed by atoms with E-state index in [4.69, 9.17) is 9.47 Å². The van der Waals surface area contributed by atoms with Crippen molar-refractivity contribution in [3.8, 4) is 5.75 Å². The van der Waals surface area contributed by atoms with Gasteiger partial charge in [0.2, 0.25) is 10.0 Å². The third-order valence-electron chi connectivity index (χ3n) is 4.13. The average molecular weight is 439 g/mol. The fourth-order valence-electron chi connectivity index (χ4n) is 2.61. The molecule has 2 rings (SSSR count). The maximum absolute atomic E-state index is 13.1. The van der Waals surface area contributed by atoms with Crippen LogP contribution in [0.4, 0.5) is 10.1 Å². The fourth-order valence-corrected chi connectivity index (χ4v) is 3.50. The molecule has 2 aromatic carbocycles. The van der Waals surface area contributed by atoms with Crippen LogP contribution in [0.25, 0.3) is 0 Å². The molecule has 0 atom stereocenters. The van der Waals surface area contributed by atoms with Crippen molar-refractivity contribution in [1.29, 1.82) is 0 Å². The van der Waals surface area contributed by atoms with Crippen LogP contribution in [0.5, 0.6) is 5.75 Å². The third-order valence-corrected chi connectivity index (χ3v) is 5.27. The first kappa shape index (κ1) is 23.6. The molecule has 1 amide bonds. The van der Waals surface area contributed by atoms with E-state index >= 15 is 0 Å². The minimum Gasteiger partial charge on any atom is -0.484 e. The lowest BCUT2D eigenvalue weighted by Crippen LogP contribution is -2.30. The summed E-state index contributed by atoms with van der Waals surface area (Å²) in [5.41, 5.74) is 1.10. The summed E-state index contributed by atoms with van der Waals surface area (Å²) in [5, 5.41) is 2.73. The second-order valence-corrected chi connectivity index (χ2v) is 8.49. The van der Waals surface area contributed by atoms with Crippen LogP contribution >= 0.6 is 0 Å². The number of halogens is 1. The normalized spacial score (nSPS) is 11.2. The summed E-state index contributed by atoms with van der Waals surface area (Å²) in [5.74, 6) is -0.187. The summed E-state index contributed by atoms with van der Waals surface area (Å²) in [4.78, 5) is 11.8. The standard InChI is InChI=1S/C21H27FN2O5S/c1-3-28-14-4-13-23-21(25)16-29-20-11-9-19(10-12-20)24(30(2,26)27)15-17-5-7-18(22)8-6-17/h5-12H,3-4,13-16H2,1-2H3,(H,23,25). The Balaban J connectivity index is 1.93. The summed E-state index contributed by atoms with van der Waals surface area (Å²) in [6.07, 6.45) is 1.83. The molecular weight excluding hydrogens is 411 g/mol. The van der Waals surface area contributed by atoms with Gasteiger partial charge in [0.05, 0.1) is 18.5 Å². The fraction of sp³-hybridized carbons (Fsp3) is 0.381. The van der Waals surface area contributed by atoms with Gasteiger partial charge in [-0.25, -0.2) is 12.8 Å². The van der Waals surface area contributed by atoms with Crippen LogP contribution in [0.15, 0.2) is 48.5 Å². The molecule has 9 heteroatoms. The highest BCUT2D eigenvalue weighted by molar-refractivity contribution is 7.92. The van der Waals surface area contributed by atoms with E-state index in [-0.39, 0.29) is 24.9 Å². The van der Waals surface area contributed by atoms with Crippen LogP contribution in [0.3, 0.4) is 0 Å². The monoisotopic (exact) mass is 438 g/mol. The number of nitrogens with zero attached hydrogens (tertiary/aromatic N) is 1. The maximum Gasteiger partial charge on any atom is 0.257 e. The Morgan fingerprint density at radius 1 is 1.10 bits per heavy atom. The molecular formula is C21H27FN2O5S. The lowest BCUT2D eigenvalue weighted by Gasteiger charge is -2.22. The SMILES string of the molecule is CCOCCCNC(=O)COc1ccc(N(Cc2ccc(F)cc2)S(C)(=O)=O)cc1. The number of carbonyl (C=O) groups is 1. The molecule has 30 heavy (non-hydrogen) atoms. The van der Waals surface area contributed by atoms with Gasteiger partial charge in [-0.1, -0.05) is 12.1 Å². The molecule has 0 spiro atoms. The van der Waals surface area contributed by atoms with E-state index in [0.717, 1.165) is 12.7 Å². The number of ether oxygens (including phenoxy) is 2. The molecule has 0 aliphatic carbocycles. The van der Waals surface area contributed by atoms with Crippen molar-refractivity contribution < 1.29 is 27.1 Å². The lowest BCUT2D eigenvalue weighted by molar-refractivity contribution is -0.123. The van der Waals surface area contributed by atoms with E-state index in [1.54, 1.807) is 24.3 Å². The van der Waals surface area contributed by atoms with Gasteiger partial charge in [0.25, 0.3) is 5.91 Å². The minimum absolute atomic E-state index is 0.0729. The number of carbonyl (C=O) groups excluding carboxylic acids is 1. The highest BCUT2D eigenvalue weighted by atomic mass is 32.2. The van der Waals surface area contributed by atoms with Crippen molar-refractivity contribution in [2.45, 2.75) is 19.9 Å².